The largest absolute Gasteiger partial charge is 0.486 e. The van der Waals surface area contributed by atoms with Crippen molar-refractivity contribution in [3.63, 3.8) is 0 Å². The minimum Gasteiger partial charge on any atom is -0.486 e. The van der Waals surface area contributed by atoms with E-state index in [1.807, 2.05) is 54.0 Å². The van der Waals surface area contributed by atoms with E-state index in [1.54, 1.807) is 42.0 Å². The summed E-state index contributed by atoms with van der Waals surface area (Å²) < 4.78 is 19.4. The maximum Gasteiger partial charge on any atom is 0.294 e. The van der Waals surface area contributed by atoms with Gasteiger partial charge in [0.1, 0.15) is 28.6 Å². The topological polar surface area (TPSA) is 95.0 Å². The first-order valence-electron chi connectivity index (χ1n) is 12.3. The number of rotatable bonds is 8. The number of thiazole rings is 1. The summed E-state index contributed by atoms with van der Waals surface area (Å²) in [6.45, 7) is 2.42. The van der Waals surface area contributed by atoms with Gasteiger partial charge >= 0.3 is 0 Å². The number of methoxy groups -OCH3 is 1. The van der Waals surface area contributed by atoms with Gasteiger partial charge in [-0.05, 0) is 53.7 Å². The fourth-order valence-electron chi connectivity index (χ4n) is 4.17. The second-order valence-corrected chi connectivity index (χ2v) is 10.9. The summed E-state index contributed by atoms with van der Waals surface area (Å²) in [4.78, 5) is 23.9. The van der Waals surface area contributed by atoms with Crippen LogP contribution in [0.25, 0.3) is 38.0 Å². The summed E-state index contributed by atoms with van der Waals surface area (Å²) in [7, 11) is 5.07. The molecule has 0 aliphatic carbocycles. The van der Waals surface area contributed by atoms with Gasteiger partial charge in [-0.1, -0.05) is 19.1 Å². The zero-order chi connectivity index (χ0) is 27.1. The monoisotopic (exact) mass is 559 g/mol. The Kier molecular flexibility index (Phi) is 6.53. The Morgan fingerprint density at radius 3 is 2.67 bits per heavy atom. The van der Waals surface area contributed by atoms with Crippen LogP contribution in [-0.4, -0.2) is 51.6 Å². The van der Waals surface area contributed by atoms with E-state index in [0.29, 0.717) is 28.8 Å². The lowest BCUT2D eigenvalue weighted by molar-refractivity contribution is 0.0827. The lowest BCUT2D eigenvalue weighted by Crippen LogP contribution is -2.21. The smallest absolute Gasteiger partial charge is 0.294 e. The van der Waals surface area contributed by atoms with Crippen molar-refractivity contribution in [2.75, 3.05) is 21.2 Å². The van der Waals surface area contributed by atoms with Crippen LogP contribution < -0.4 is 9.47 Å². The molecule has 0 aliphatic rings. The maximum atomic E-state index is 12.2. The number of fused-ring (bicyclic) bond motifs is 2. The Morgan fingerprint density at radius 2 is 1.95 bits per heavy atom. The number of nitrogens with zero attached hydrogens (tertiary/aromatic N) is 5. The van der Waals surface area contributed by atoms with E-state index in [0.717, 1.165) is 49.9 Å². The molecule has 11 heteroatoms. The molecule has 39 heavy (non-hydrogen) atoms. The van der Waals surface area contributed by atoms with Crippen LogP contribution in [0, 0.1) is 0 Å². The minimum atomic E-state index is -0.0255. The molecule has 198 valence electrons. The number of carbonyl (C=O) groups excluding carboxylic acids is 1. The molecule has 9 nitrogen and oxygen atoms in total. The fraction of sp³-hybridized carbons (Fsp3) is 0.214. The molecule has 0 unspecified atom stereocenters. The van der Waals surface area contributed by atoms with Crippen molar-refractivity contribution >= 4 is 44.5 Å². The second-order valence-electron chi connectivity index (χ2n) is 9.10. The van der Waals surface area contributed by atoms with Crippen molar-refractivity contribution in [2.45, 2.75) is 20.0 Å². The lowest BCUT2D eigenvalue weighted by atomic mass is 10.1. The summed E-state index contributed by atoms with van der Waals surface area (Å²) in [5.41, 5.74) is 4.99. The third-order valence-corrected chi connectivity index (χ3v) is 8.06. The molecular formula is C28H25N5O4S2. The molecule has 2 aromatic carbocycles. The quantitative estimate of drug-likeness (QED) is 0.220. The van der Waals surface area contributed by atoms with Gasteiger partial charge in [0.25, 0.3) is 11.1 Å². The van der Waals surface area contributed by atoms with Gasteiger partial charge in [0.2, 0.25) is 4.96 Å². The highest BCUT2D eigenvalue weighted by Crippen LogP contribution is 2.36. The molecule has 0 saturated heterocycles. The van der Waals surface area contributed by atoms with Crippen LogP contribution in [-0.2, 0) is 13.0 Å². The molecule has 0 fully saturated rings. The Balaban J connectivity index is 1.23. The van der Waals surface area contributed by atoms with Crippen molar-refractivity contribution < 1.29 is 18.7 Å². The fourth-order valence-corrected chi connectivity index (χ4v) is 5.67. The van der Waals surface area contributed by atoms with E-state index in [-0.39, 0.29) is 5.91 Å². The van der Waals surface area contributed by atoms with Crippen LogP contribution in [0.2, 0.25) is 0 Å². The summed E-state index contributed by atoms with van der Waals surface area (Å²) in [6.07, 6.45) is 2.67. The molecule has 0 N–H and O–H groups in total. The number of hydrogen-bond donors (Lipinski definition) is 0. The second kappa shape index (κ2) is 10.2. The van der Waals surface area contributed by atoms with Gasteiger partial charge in [0, 0.05) is 30.6 Å². The lowest BCUT2D eigenvalue weighted by Gasteiger charge is -2.10. The highest BCUT2D eigenvalue weighted by molar-refractivity contribution is 7.18. The van der Waals surface area contributed by atoms with Gasteiger partial charge in [0.05, 0.1) is 24.4 Å². The third-order valence-electron chi connectivity index (χ3n) is 6.23. The molecule has 0 bridgehead atoms. The molecule has 0 radical (unpaired) electrons. The first kappa shape index (κ1) is 25.1. The van der Waals surface area contributed by atoms with Crippen LogP contribution in [0.1, 0.15) is 28.5 Å². The number of benzene rings is 2. The number of furan rings is 1. The van der Waals surface area contributed by atoms with E-state index < -0.39 is 0 Å². The van der Waals surface area contributed by atoms with Crippen molar-refractivity contribution in [2.24, 2.45) is 0 Å². The number of amides is 1. The highest BCUT2D eigenvalue weighted by atomic mass is 32.1. The van der Waals surface area contributed by atoms with E-state index in [2.05, 4.69) is 17.0 Å². The third kappa shape index (κ3) is 4.86. The Morgan fingerprint density at radius 1 is 1.13 bits per heavy atom. The molecule has 6 aromatic rings. The first-order chi connectivity index (χ1) is 18.9. The minimum absolute atomic E-state index is 0.0255. The van der Waals surface area contributed by atoms with Gasteiger partial charge in [0.15, 0.2) is 5.76 Å². The number of aryl methyl sites for hydroxylation is 1. The van der Waals surface area contributed by atoms with Gasteiger partial charge in [-0.15, -0.1) is 16.4 Å². The zero-order valence-corrected chi connectivity index (χ0v) is 23.4. The molecule has 0 saturated carbocycles. The number of aromatic nitrogens is 4. The van der Waals surface area contributed by atoms with Gasteiger partial charge in [-0.3, -0.25) is 4.79 Å². The predicted molar refractivity (Wildman–Crippen MR) is 152 cm³/mol. The van der Waals surface area contributed by atoms with Gasteiger partial charge in [-0.25, -0.2) is 14.5 Å². The SMILES string of the molecule is CCc1cc(OCc2csc(-c3ccc(C(=O)N(C)C)cc3)n2)c2cc(-c3cn4nc(OC)sc4n3)oc2c1. The van der Waals surface area contributed by atoms with Gasteiger partial charge in [-0.2, -0.15) is 0 Å². The molecule has 0 atom stereocenters. The predicted octanol–water partition coefficient (Wildman–Crippen LogP) is 6.18. The molecule has 6 rings (SSSR count). The van der Waals surface area contributed by atoms with Crippen LogP contribution >= 0.6 is 22.7 Å². The highest BCUT2D eigenvalue weighted by Gasteiger charge is 2.17. The standard InChI is InChI=1S/C28H25N5O4S2/c1-5-16-10-22(20-12-24(37-23(20)11-16)21-13-33-27(30-21)39-28(31-33)35-4)36-14-19-15-38-25(29-19)17-6-8-18(9-7-17)26(34)32(2)3/h6-13,15H,5,14H2,1-4H3. The average Bonchev–Trinajstić information content (AvgIpc) is 3.73. The zero-order valence-electron chi connectivity index (χ0n) is 21.8. The van der Waals surface area contributed by atoms with E-state index in [4.69, 9.17) is 18.9 Å². The number of imidazole rings is 1. The summed E-state index contributed by atoms with van der Waals surface area (Å²) >= 11 is 2.91. The van der Waals surface area contributed by atoms with E-state index in [9.17, 15) is 4.79 Å². The van der Waals surface area contributed by atoms with E-state index in [1.165, 1.54) is 11.3 Å². The Hall–Kier alpha value is -4.22. The molecule has 0 aliphatic heterocycles. The maximum absolute atomic E-state index is 12.2. The van der Waals surface area contributed by atoms with Crippen LogP contribution in [0.4, 0.5) is 0 Å². The number of hydrogen-bond acceptors (Lipinski definition) is 9. The normalized spacial score (nSPS) is 11.4. The molecule has 1 amide bonds. The van der Waals surface area contributed by atoms with Crippen molar-refractivity contribution in [3.05, 3.63) is 70.9 Å². The van der Waals surface area contributed by atoms with Crippen LogP contribution in [0.5, 0.6) is 10.9 Å². The summed E-state index contributed by atoms with van der Waals surface area (Å²) in [6, 6.07) is 13.5. The van der Waals surface area contributed by atoms with Crippen molar-refractivity contribution in [1.82, 2.24) is 24.5 Å². The van der Waals surface area contributed by atoms with Crippen molar-refractivity contribution in [1.29, 1.82) is 0 Å². The summed E-state index contributed by atoms with van der Waals surface area (Å²) in [5.74, 6) is 1.36. The molecule has 4 aromatic heterocycles. The van der Waals surface area contributed by atoms with Gasteiger partial charge < -0.3 is 18.8 Å². The van der Waals surface area contributed by atoms with Crippen LogP contribution in [0.15, 0.2) is 58.5 Å². The molecule has 0 spiro atoms. The number of ether oxygens (including phenoxy) is 2. The Bertz CT molecular complexity index is 1760. The molecular weight excluding hydrogens is 534 g/mol. The first-order valence-corrected chi connectivity index (χ1v) is 14.0. The van der Waals surface area contributed by atoms with Crippen LogP contribution in [0.3, 0.4) is 0 Å². The van der Waals surface area contributed by atoms with E-state index >= 15 is 0 Å². The summed E-state index contributed by atoms with van der Waals surface area (Å²) in [5, 5.41) is 8.64. The van der Waals surface area contributed by atoms with Crippen molar-refractivity contribution in [3.8, 4) is 33.0 Å². The average molecular weight is 560 g/mol. The number of carbonyl (C=O) groups is 1. The Labute approximate surface area is 232 Å². The molecule has 4 heterocycles.